The molecule has 0 aliphatic carbocycles. The molecule has 1 unspecified atom stereocenters. The van der Waals surface area contributed by atoms with Crippen LogP contribution in [0.15, 0.2) is 29.2 Å². The number of piperazine rings is 1. The van der Waals surface area contributed by atoms with Gasteiger partial charge in [0.25, 0.3) is 0 Å². The van der Waals surface area contributed by atoms with E-state index in [0.717, 1.165) is 0 Å². The molecule has 1 fully saturated rings. The van der Waals surface area contributed by atoms with E-state index in [4.69, 9.17) is 4.74 Å². The summed E-state index contributed by atoms with van der Waals surface area (Å²) in [5.74, 6) is 1.14. The van der Waals surface area contributed by atoms with Gasteiger partial charge in [-0.3, -0.25) is 0 Å². The fraction of sp³-hybridized carbons (Fsp3) is 0.600. The average molecular weight is 349 g/mol. The molecule has 7 heteroatoms. The van der Waals surface area contributed by atoms with Gasteiger partial charge in [0.1, 0.15) is 5.75 Å². The average Bonchev–Trinajstić information content (AvgIpc) is 2.46. The van der Waals surface area contributed by atoms with Gasteiger partial charge in [0.05, 0.1) is 11.5 Å². The first-order valence-electron chi connectivity index (χ1n) is 7.36. The van der Waals surface area contributed by atoms with Crippen molar-refractivity contribution in [2.75, 3.05) is 26.2 Å². The summed E-state index contributed by atoms with van der Waals surface area (Å²) < 4.78 is 32.4. The maximum atomic E-state index is 12.6. The Balaban J connectivity index is 0.00000242. The first kappa shape index (κ1) is 19.2. The highest BCUT2D eigenvalue weighted by Crippen LogP contribution is 2.22. The molecule has 1 N–H and O–H groups in total. The van der Waals surface area contributed by atoms with E-state index in [1.807, 2.05) is 6.92 Å². The summed E-state index contributed by atoms with van der Waals surface area (Å²) in [6.45, 7) is 8.59. The number of nitrogens with zero attached hydrogens (tertiary/aromatic N) is 1. The SMILES string of the molecule is CC(C)COc1ccc(S(=O)(=O)N2CCNCC2C)cc1.Cl. The van der Waals surface area contributed by atoms with Crippen molar-refractivity contribution in [3.05, 3.63) is 24.3 Å². The summed E-state index contributed by atoms with van der Waals surface area (Å²) in [6.07, 6.45) is 0. The Kier molecular flexibility index (Phi) is 7.12. The third kappa shape index (κ3) is 4.59. The number of hydrogen-bond donors (Lipinski definition) is 1. The molecular weight excluding hydrogens is 324 g/mol. The van der Waals surface area contributed by atoms with Crippen LogP contribution in [0, 0.1) is 5.92 Å². The Morgan fingerprint density at radius 2 is 1.95 bits per heavy atom. The molecule has 126 valence electrons. The maximum absolute atomic E-state index is 12.6. The van der Waals surface area contributed by atoms with Crippen LogP contribution < -0.4 is 10.1 Å². The summed E-state index contributed by atoms with van der Waals surface area (Å²) in [4.78, 5) is 0.327. The minimum absolute atomic E-state index is 0. The second kappa shape index (κ2) is 8.15. The third-order valence-electron chi connectivity index (χ3n) is 3.45. The predicted octanol–water partition coefficient (Wildman–Crippen LogP) is 2.13. The van der Waals surface area contributed by atoms with Crippen LogP contribution in [0.25, 0.3) is 0 Å². The molecular formula is C15H25ClN2O3S. The van der Waals surface area contributed by atoms with Crippen molar-refractivity contribution in [3.63, 3.8) is 0 Å². The van der Waals surface area contributed by atoms with E-state index in [-0.39, 0.29) is 18.4 Å². The lowest BCUT2D eigenvalue weighted by Crippen LogP contribution is -2.52. The van der Waals surface area contributed by atoms with Gasteiger partial charge in [-0.25, -0.2) is 8.42 Å². The fourth-order valence-electron chi connectivity index (χ4n) is 2.29. The summed E-state index contributed by atoms with van der Waals surface area (Å²) in [6, 6.07) is 6.67. The quantitative estimate of drug-likeness (QED) is 0.885. The molecule has 1 aromatic rings. The van der Waals surface area contributed by atoms with Crippen LogP contribution in [-0.2, 0) is 10.0 Å². The molecule has 22 heavy (non-hydrogen) atoms. The molecule has 0 saturated carbocycles. The molecule has 0 aromatic heterocycles. The fourth-order valence-corrected chi connectivity index (χ4v) is 3.92. The monoisotopic (exact) mass is 348 g/mol. The number of rotatable bonds is 5. The third-order valence-corrected chi connectivity index (χ3v) is 5.48. The van der Waals surface area contributed by atoms with Crippen LogP contribution >= 0.6 is 12.4 Å². The van der Waals surface area contributed by atoms with E-state index in [2.05, 4.69) is 19.2 Å². The van der Waals surface area contributed by atoms with Gasteiger partial charge in [0.15, 0.2) is 0 Å². The molecule has 0 amide bonds. The Hall–Kier alpha value is -0.820. The number of hydrogen-bond acceptors (Lipinski definition) is 4. The molecule has 0 radical (unpaired) electrons. The van der Waals surface area contributed by atoms with Crippen molar-refractivity contribution >= 4 is 22.4 Å². The molecule has 5 nitrogen and oxygen atoms in total. The van der Waals surface area contributed by atoms with Crippen molar-refractivity contribution in [2.45, 2.75) is 31.7 Å². The summed E-state index contributed by atoms with van der Waals surface area (Å²) in [5.41, 5.74) is 0. The second-order valence-electron chi connectivity index (χ2n) is 5.85. The lowest BCUT2D eigenvalue weighted by atomic mass is 10.2. The van der Waals surface area contributed by atoms with Crippen molar-refractivity contribution in [3.8, 4) is 5.75 Å². The first-order chi connectivity index (χ1) is 9.91. The van der Waals surface area contributed by atoms with Gasteiger partial charge in [-0.1, -0.05) is 13.8 Å². The van der Waals surface area contributed by atoms with Gasteiger partial charge in [0.2, 0.25) is 10.0 Å². The van der Waals surface area contributed by atoms with E-state index in [1.165, 1.54) is 0 Å². The Morgan fingerprint density at radius 3 is 2.50 bits per heavy atom. The van der Waals surface area contributed by atoms with Gasteiger partial charge in [-0.05, 0) is 37.1 Å². The molecule has 1 heterocycles. The normalized spacial score (nSPS) is 19.7. The van der Waals surface area contributed by atoms with Crippen LogP contribution in [-0.4, -0.2) is 45.0 Å². The highest BCUT2D eigenvalue weighted by atomic mass is 35.5. The standard InChI is InChI=1S/C15H24N2O3S.ClH/c1-12(2)11-20-14-4-6-15(7-5-14)21(18,19)17-9-8-16-10-13(17)3;/h4-7,12-13,16H,8-11H2,1-3H3;1H. The van der Waals surface area contributed by atoms with E-state index in [0.29, 0.717) is 42.8 Å². The van der Waals surface area contributed by atoms with E-state index in [1.54, 1.807) is 28.6 Å². The predicted molar refractivity (Wildman–Crippen MR) is 90.2 cm³/mol. The summed E-state index contributed by atoms with van der Waals surface area (Å²) >= 11 is 0. The van der Waals surface area contributed by atoms with Crippen LogP contribution in [0.5, 0.6) is 5.75 Å². The molecule has 1 saturated heterocycles. The largest absolute Gasteiger partial charge is 0.493 e. The summed E-state index contributed by atoms with van der Waals surface area (Å²) in [7, 11) is -3.42. The van der Waals surface area contributed by atoms with Crippen LogP contribution in [0.2, 0.25) is 0 Å². The molecule has 0 spiro atoms. The van der Waals surface area contributed by atoms with Gasteiger partial charge in [0, 0.05) is 25.7 Å². The van der Waals surface area contributed by atoms with Gasteiger partial charge in [-0.15, -0.1) is 12.4 Å². The van der Waals surface area contributed by atoms with Crippen LogP contribution in [0.3, 0.4) is 0 Å². The van der Waals surface area contributed by atoms with Gasteiger partial charge >= 0.3 is 0 Å². The minimum atomic E-state index is -3.42. The van der Waals surface area contributed by atoms with Crippen molar-refractivity contribution < 1.29 is 13.2 Å². The van der Waals surface area contributed by atoms with Crippen molar-refractivity contribution in [1.82, 2.24) is 9.62 Å². The van der Waals surface area contributed by atoms with Crippen molar-refractivity contribution in [2.24, 2.45) is 5.92 Å². The van der Waals surface area contributed by atoms with Crippen LogP contribution in [0.1, 0.15) is 20.8 Å². The van der Waals surface area contributed by atoms with E-state index < -0.39 is 10.0 Å². The smallest absolute Gasteiger partial charge is 0.243 e. The number of benzene rings is 1. The molecule has 1 aromatic carbocycles. The number of ether oxygens (including phenoxy) is 1. The maximum Gasteiger partial charge on any atom is 0.243 e. The highest BCUT2D eigenvalue weighted by molar-refractivity contribution is 7.89. The molecule has 1 aliphatic heterocycles. The Labute approximate surface area is 139 Å². The zero-order valence-electron chi connectivity index (χ0n) is 13.3. The zero-order valence-corrected chi connectivity index (χ0v) is 14.9. The number of nitrogens with one attached hydrogen (secondary N) is 1. The molecule has 1 atom stereocenters. The van der Waals surface area contributed by atoms with Crippen molar-refractivity contribution in [1.29, 1.82) is 0 Å². The molecule has 0 bridgehead atoms. The topological polar surface area (TPSA) is 58.6 Å². The van der Waals surface area contributed by atoms with E-state index in [9.17, 15) is 8.42 Å². The van der Waals surface area contributed by atoms with Gasteiger partial charge in [-0.2, -0.15) is 4.31 Å². The van der Waals surface area contributed by atoms with Gasteiger partial charge < -0.3 is 10.1 Å². The lowest BCUT2D eigenvalue weighted by Gasteiger charge is -2.32. The Bertz CT molecular complexity index is 561. The number of sulfonamides is 1. The minimum Gasteiger partial charge on any atom is -0.493 e. The number of halogens is 1. The first-order valence-corrected chi connectivity index (χ1v) is 8.80. The van der Waals surface area contributed by atoms with Crippen LogP contribution in [0.4, 0.5) is 0 Å². The summed E-state index contributed by atoms with van der Waals surface area (Å²) in [5, 5.41) is 3.20. The zero-order chi connectivity index (χ0) is 15.5. The molecule has 1 aliphatic rings. The second-order valence-corrected chi connectivity index (χ2v) is 7.74. The highest BCUT2D eigenvalue weighted by Gasteiger charge is 2.30. The van der Waals surface area contributed by atoms with E-state index >= 15 is 0 Å². The lowest BCUT2D eigenvalue weighted by molar-refractivity contribution is 0.270. The molecule has 2 rings (SSSR count). The Morgan fingerprint density at radius 1 is 1.32 bits per heavy atom.